The molecular weight excluding hydrogens is 178 g/mol. The molecule has 1 aromatic heterocycles. The molecule has 12 heavy (non-hydrogen) atoms. The molecule has 64 valence electrons. The van der Waals surface area contributed by atoms with Crippen molar-refractivity contribution in [1.82, 2.24) is 4.98 Å². The monoisotopic (exact) mass is 185 g/mol. The molecule has 0 aliphatic heterocycles. The van der Waals surface area contributed by atoms with E-state index in [4.69, 9.17) is 16.7 Å². The molecule has 0 spiro atoms. The fourth-order valence-corrected chi connectivity index (χ4v) is 1.03. The van der Waals surface area contributed by atoms with Crippen LogP contribution in [0.25, 0.3) is 0 Å². The Morgan fingerprint density at radius 2 is 2.42 bits per heavy atom. The number of halogens is 1. The third-order valence-corrected chi connectivity index (χ3v) is 1.68. The van der Waals surface area contributed by atoms with E-state index in [2.05, 4.69) is 4.98 Å². The average Bonchev–Trinajstić information content (AvgIpc) is 2.03. The van der Waals surface area contributed by atoms with Crippen LogP contribution in [0.3, 0.4) is 0 Å². The van der Waals surface area contributed by atoms with Crippen molar-refractivity contribution in [3.63, 3.8) is 0 Å². The fraction of sp³-hybridized carbons (Fsp3) is 0.250. The number of nitrogens with zero attached hydrogens (tertiary/aromatic N) is 1. The molecule has 0 aliphatic rings. The molecule has 1 rings (SSSR count). The van der Waals surface area contributed by atoms with Crippen LogP contribution in [0.15, 0.2) is 18.3 Å². The van der Waals surface area contributed by atoms with Crippen molar-refractivity contribution >= 4 is 17.6 Å². The highest BCUT2D eigenvalue weighted by Gasteiger charge is 2.01. The SMILES string of the molecule is O=C(O)Cc1cc(CCl)ccn1. The minimum Gasteiger partial charge on any atom is -0.481 e. The van der Waals surface area contributed by atoms with Gasteiger partial charge >= 0.3 is 5.97 Å². The highest BCUT2D eigenvalue weighted by atomic mass is 35.5. The first kappa shape index (κ1) is 9.00. The van der Waals surface area contributed by atoms with E-state index < -0.39 is 5.97 Å². The van der Waals surface area contributed by atoms with Crippen molar-refractivity contribution in [2.24, 2.45) is 0 Å². The van der Waals surface area contributed by atoms with Gasteiger partial charge < -0.3 is 5.11 Å². The molecule has 0 saturated heterocycles. The fourth-order valence-electron chi connectivity index (χ4n) is 0.863. The molecule has 0 amide bonds. The van der Waals surface area contributed by atoms with Crippen LogP contribution in [0.1, 0.15) is 11.3 Å². The molecule has 1 heterocycles. The summed E-state index contributed by atoms with van der Waals surface area (Å²) in [6, 6.07) is 3.46. The topological polar surface area (TPSA) is 50.2 Å². The molecule has 0 fully saturated rings. The number of hydrogen-bond donors (Lipinski definition) is 1. The lowest BCUT2D eigenvalue weighted by atomic mass is 10.2. The van der Waals surface area contributed by atoms with Crippen LogP contribution in [0.2, 0.25) is 0 Å². The van der Waals surface area contributed by atoms with Crippen LogP contribution in [0, 0.1) is 0 Å². The zero-order chi connectivity index (χ0) is 8.97. The molecule has 0 aromatic carbocycles. The third-order valence-electron chi connectivity index (χ3n) is 1.37. The van der Waals surface area contributed by atoms with Gasteiger partial charge in [-0.25, -0.2) is 0 Å². The van der Waals surface area contributed by atoms with E-state index in [9.17, 15) is 4.79 Å². The predicted octanol–water partition coefficient (Wildman–Crippen LogP) is 1.45. The van der Waals surface area contributed by atoms with E-state index in [-0.39, 0.29) is 6.42 Å². The van der Waals surface area contributed by atoms with E-state index in [0.717, 1.165) is 5.56 Å². The van der Waals surface area contributed by atoms with Crippen molar-refractivity contribution in [2.45, 2.75) is 12.3 Å². The Hall–Kier alpha value is -1.09. The Balaban J connectivity index is 2.79. The minimum atomic E-state index is -0.880. The van der Waals surface area contributed by atoms with Gasteiger partial charge in [0.15, 0.2) is 0 Å². The number of carboxylic acid groups (broad SMARTS) is 1. The quantitative estimate of drug-likeness (QED) is 0.726. The second-order valence-electron chi connectivity index (χ2n) is 2.36. The Kier molecular flexibility index (Phi) is 3.05. The van der Waals surface area contributed by atoms with Gasteiger partial charge in [0.1, 0.15) is 0 Å². The number of carboxylic acids is 1. The lowest BCUT2D eigenvalue weighted by molar-refractivity contribution is -0.136. The third kappa shape index (κ3) is 2.51. The van der Waals surface area contributed by atoms with Crippen LogP contribution in [0.4, 0.5) is 0 Å². The highest BCUT2D eigenvalue weighted by Crippen LogP contribution is 2.05. The van der Waals surface area contributed by atoms with Gasteiger partial charge in [0.25, 0.3) is 0 Å². The van der Waals surface area contributed by atoms with E-state index in [0.29, 0.717) is 11.6 Å². The molecule has 0 saturated carbocycles. The molecular formula is C8H8ClNO2. The summed E-state index contributed by atoms with van der Waals surface area (Å²) in [6.45, 7) is 0. The van der Waals surface area contributed by atoms with Gasteiger partial charge in [0.05, 0.1) is 12.1 Å². The molecule has 0 bridgehead atoms. The van der Waals surface area contributed by atoms with E-state index in [1.807, 2.05) is 0 Å². The Morgan fingerprint density at radius 3 is 3.00 bits per heavy atom. The van der Waals surface area contributed by atoms with Crippen molar-refractivity contribution < 1.29 is 9.90 Å². The molecule has 1 aromatic rings. The number of aliphatic carboxylic acids is 1. The van der Waals surface area contributed by atoms with E-state index in [1.54, 1.807) is 18.3 Å². The van der Waals surface area contributed by atoms with Gasteiger partial charge in [0, 0.05) is 12.1 Å². The first-order valence-electron chi connectivity index (χ1n) is 3.44. The van der Waals surface area contributed by atoms with E-state index >= 15 is 0 Å². The number of rotatable bonds is 3. The van der Waals surface area contributed by atoms with Gasteiger partial charge in [-0.2, -0.15) is 0 Å². The molecule has 4 heteroatoms. The Bertz CT molecular complexity index is 288. The second kappa shape index (κ2) is 4.07. The number of alkyl halides is 1. The normalized spacial score (nSPS) is 9.75. The molecule has 0 aliphatic carbocycles. The maximum atomic E-state index is 10.3. The number of hydrogen-bond acceptors (Lipinski definition) is 2. The van der Waals surface area contributed by atoms with Crippen molar-refractivity contribution in [2.75, 3.05) is 0 Å². The summed E-state index contributed by atoms with van der Waals surface area (Å²) in [5.74, 6) is -0.496. The van der Waals surface area contributed by atoms with E-state index in [1.165, 1.54) is 0 Å². The lowest BCUT2D eigenvalue weighted by Crippen LogP contribution is -2.02. The van der Waals surface area contributed by atoms with Crippen molar-refractivity contribution in [3.8, 4) is 0 Å². The number of carbonyl (C=O) groups is 1. The molecule has 1 N–H and O–H groups in total. The second-order valence-corrected chi connectivity index (χ2v) is 2.63. The van der Waals surface area contributed by atoms with Crippen molar-refractivity contribution in [3.05, 3.63) is 29.6 Å². The predicted molar refractivity (Wildman–Crippen MR) is 45.1 cm³/mol. The zero-order valence-corrected chi connectivity index (χ0v) is 7.08. The Morgan fingerprint density at radius 1 is 1.67 bits per heavy atom. The summed E-state index contributed by atoms with van der Waals surface area (Å²) < 4.78 is 0. The van der Waals surface area contributed by atoms with Gasteiger partial charge in [0.2, 0.25) is 0 Å². The smallest absolute Gasteiger partial charge is 0.309 e. The maximum Gasteiger partial charge on any atom is 0.309 e. The number of pyridine rings is 1. The first-order valence-corrected chi connectivity index (χ1v) is 3.97. The zero-order valence-electron chi connectivity index (χ0n) is 6.33. The average molecular weight is 186 g/mol. The molecule has 0 atom stereocenters. The summed E-state index contributed by atoms with van der Waals surface area (Å²) >= 11 is 5.56. The minimum absolute atomic E-state index is 0.0509. The van der Waals surface area contributed by atoms with Crippen LogP contribution in [0.5, 0.6) is 0 Å². The van der Waals surface area contributed by atoms with Gasteiger partial charge in [-0.15, -0.1) is 11.6 Å². The molecule has 0 unspecified atom stereocenters. The van der Waals surface area contributed by atoms with Crippen molar-refractivity contribution in [1.29, 1.82) is 0 Å². The lowest BCUT2D eigenvalue weighted by Gasteiger charge is -1.97. The number of aromatic nitrogens is 1. The summed E-state index contributed by atoms with van der Waals surface area (Å²) in [5, 5.41) is 8.46. The standard InChI is InChI=1S/C8H8ClNO2/c9-5-6-1-2-10-7(3-6)4-8(11)12/h1-3H,4-5H2,(H,11,12). The summed E-state index contributed by atoms with van der Waals surface area (Å²) in [6.07, 6.45) is 1.51. The largest absolute Gasteiger partial charge is 0.481 e. The summed E-state index contributed by atoms with van der Waals surface area (Å²) in [4.78, 5) is 14.2. The van der Waals surface area contributed by atoms with Gasteiger partial charge in [-0.05, 0) is 17.7 Å². The summed E-state index contributed by atoms with van der Waals surface area (Å²) in [5.41, 5.74) is 1.43. The van der Waals surface area contributed by atoms with Crippen LogP contribution in [-0.2, 0) is 17.1 Å². The van der Waals surface area contributed by atoms with Crippen LogP contribution >= 0.6 is 11.6 Å². The molecule has 3 nitrogen and oxygen atoms in total. The van der Waals surface area contributed by atoms with Crippen LogP contribution in [-0.4, -0.2) is 16.1 Å². The highest BCUT2D eigenvalue weighted by molar-refractivity contribution is 6.17. The molecule has 0 radical (unpaired) electrons. The van der Waals surface area contributed by atoms with Crippen LogP contribution < -0.4 is 0 Å². The van der Waals surface area contributed by atoms with Gasteiger partial charge in [-0.3, -0.25) is 9.78 Å². The first-order chi connectivity index (χ1) is 5.72. The Labute approximate surface area is 75.0 Å². The van der Waals surface area contributed by atoms with Gasteiger partial charge in [-0.1, -0.05) is 0 Å². The summed E-state index contributed by atoms with van der Waals surface area (Å²) in [7, 11) is 0. The maximum absolute atomic E-state index is 10.3.